The second-order valence-corrected chi connectivity index (χ2v) is 4.97. The maximum absolute atomic E-state index is 11.5. The summed E-state index contributed by atoms with van der Waals surface area (Å²) in [7, 11) is 1.64. The van der Waals surface area contributed by atoms with Crippen molar-refractivity contribution < 1.29 is 14.3 Å². The van der Waals surface area contributed by atoms with Gasteiger partial charge < -0.3 is 15.2 Å². The summed E-state index contributed by atoms with van der Waals surface area (Å²) in [5.74, 6) is 0.528. The molecule has 0 spiro atoms. The molecule has 0 heterocycles. The van der Waals surface area contributed by atoms with E-state index in [0.29, 0.717) is 6.61 Å². The molecule has 0 aromatic heterocycles. The fourth-order valence-corrected chi connectivity index (χ4v) is 2.27. The van der Waals surface area contributed by atoms with E-state index in [1.165, 1.54) is 0 Å². The molecule has 22 heavy (non-hydrogen) atoms. The lowest BCUT2D eigenvalue weighted by Crippen LogP contribution is -2.17. The van der Waals surface area contributed by atoms with Gasteiger partial charge in [-0.1, -0.05) is 30.3 Å². The average Bonchev–Trinajstić information content (AvgIpc) is 2.55. The van der Waals surface area contributed by atoms with Crippen LogP contribution < -0.4 is 10.5 Å². The minimum Gasteiger partial charge on any atom is -0.497 e. The molecule has 0 amide bonds. The van der Waals surface area contributed by atoms with Crippen molar-refractivity contribution >= 4 is 5.97 Å². The molecule has 0 aliphatic heterocycles. The van der Waals surface area contributed by atoms with Gasteiger partial charge in [0.15, 0.2) is 0 Å². The molecule has 2 aromatic carbocycles. The van der Waals surface area contributed by atoms with Crippen molar-refractivity contribution in [2.24, 2.45) is 5.73 Å². The number of rotatable bonds is 6. The molecule has 4 nitrogen and oxygen atoms in total. The van der Waals surface area contributed by atoms with Crippen LogP contribution >= 0.6 is 0 Å². The van der Waals surface area contributed by atoms with Crippen LogP contribution in [-0.4, -0.2) is 19.7 Å². The Bertz CT molecular complexity index is 640. The number of carbonyl (C=O) groups excluding carboxylic acids is 1. The van der Waals surface area contributed by atoms with Crippen molar-refractivity contribution in [2.75, 3.05) is 13.7 Å². The molecule has 0 unspecified atom stereocenters. The standard InChI is InChI=1S/C18H21NO3/c1-3-22-18(20)12-17(19)15-8-4-6-13(10-15)14-7-5-9-16(11-14)21-2/h4-11,17H,3,12,19H2,1-2H3/t17-/m0/s1. The van der Waals surface area contributed by atoms with E-state index in [4.69, 9.17) is 15.2 Å². The van der Waals surface area contributed by atoms with Gasteiger partial charge in [0.25, 0.3) is 0 Å². The Morgan fingerprint density at radius 1 is 1.14 bits per heavy atom. The van der Waals surface area contributed by atoms with E-state index in [1.807, 2.05) is 48.5 Å². The molecule has 4 heteroatoms. The number of nitrogens with two attached hydrogens (primary N) is 1. The lowest BCUT2D eigenvalue weighted by molar-refractivity contribution is -0.143. The van der Waals surface area contributed by atoms with E-state index in [9.17, 15) is 4.79 Å². The molecule has 1 atom stereocenters. The minimum atomic E-state index is -0.371. The third-order valence-electron chi connectivity index (χ3n) is 3.41. The molecule has 0 bridgehead atoms. The highest BCUT2D eigenvalue weighted by Gasteiger charge is 2.13. The maximum atomic E-state index is 11.5. The number of carbonyl (C=O) groups is 1. The van der Waals surface area contributed by atoms with E-state index in [2.05, 4.69) is 0 Å². The Balaban J connectivity index is 2.20. The minimum absolute atomic E-state index is 0.176. The second kappa shape index (κ2) is 7.61. The van der Waals surface area contributed by atoms with Crippen LogP contribution in [0.5, 0.6) is 5.75 Å². The molecule has 2 rings (SSSR count). The van der Waals surface area contributed by atoms with Gasteiger partial charge in [0.2, 0.25) is 0 Å². The molecule has 0 saturated carbocycles. The third kappa shape index (κ3) is 4.09. The van der Waals surface area contributed by atoms with Crippen LogP contribution in [0.25, 0.3) is 11.1 Å². The number of benzene rings is 2. The van der Waals surface area contributed by atoms with Crippen LogP contribution in [-0.2, 0) is 9.53 Å². The lowest BCUT2D eigenvalue weighted by atomic mass is 9.98. The number of hydrogen-bond donors (Lipinski definition) is 1. The summed E-state index contributed by atoms with van der Waals surface area (Å²) >= 11 is 0. The average molecular weight is 299 g/mol. The van der Waals surface area contributed by atoms with Crippen LogP contribution in [0.1, 0.15) is 24.9 Å². The van der Waals surface area contributed by atoms with Gasteiger partial charge in [0.1, 0.15) is 5.75 Å². The van der Waals surface area contributed by atoms with Crippen molar-refractivity contribution in [3.05, 3.63) is 54.1 Å². The predicted octanol–water partition coefficient (Wildman–Crippen LogP) is 3.32. The third-order valence-corrected chi connectivity index (χ3v) is 3.41. The molecule has 0 aliphatic rings. The van der Waals surface area contributed by atoms with Gasteiger partial charge in [0, 0.05) is 6.04 Å². The molecule has 0 saturated heterocycles. The van der Waals surface area contributed by atoms with Crippen molar-refractivity contribution in [1.29, 1.82) is 0 Å². The van der Waals surface area contributed by atoms with Gasteiger partial charge >= 0.3 is 5.97 Å². The van der Waals surface area contributed by atoms with Gasteiger partial charge in [-0.15, -0.1) is 0 Å². The van der Waals surface area contributed by atoms with E-state index in [-0.39, 0.29) is 18.4 Å². The number of methoxy groups -OCH3 is 1. The first-order chi connectivity index (χ1) is 10.6. The first-order valence-electron chi connectivity index (χ1n) is 7.29. The molecule has 0 aliphatic carbocycles. The summed E-state index contributed by atoms with van der Waals surface area (Å²) in [5.41, 5.74) is 9.10. The Hall–Kier alpha value is -2.33. The highest BCUT2D eigenvalue weighted by molar-refractivity contribution is 5.71. The zero-order valence-electron chi connectivity index (χ0n) is 12.9. The lowest BCUT2D eigenvalue weighted by Gasteiger charge is -2.13. The first kappa shape index (κ1) is 16.0. The molecule has 2 aromatic rings. The number of ether oxygens (including phenoxy) is 2. The summed E-state index contributed by atoms with van der Waals surface area (Å²) in [6, 6.07) is 15.3. The van der Waals surface area contributed by atoms with Crippen LogP contribution in [0.4, 0.5) is 0 Å². The van der Waals surface area contributed by atoms with Crippen molar-refractivity contribution in [3.8, 4) is 16.9 Å². The largest absolute Gasteiger partial charge is 0.497 e. The van der Waals surface area contributed by atoms with E-state index in [0.717, 1.165) is 22.4 Å². The second-order valence-electron chi connectivity index (χ2n) is 4.97. The Labute approximate surface area is 130 Å². The summed E-state index contributed by atoms with van der Waals surface area (Å²) < 4.78 is 10.2. The highest BCUT2D eigenvalue weighted by atomic mass is 16.5. The van der Waals surface area contributed by atoms with Crippen molar-refractivity contribution in [2.45, 2.75) is 19.4 Å². The number of hydrogen-bond acceptors (Lipinski definition) is 4. The van der Waals surface area contributed by atoms with Crippen LogP contribution in [0.3, 0.4) is 0 Å². The first-order valence-corrected chi connectivity index (χ1v) is 7.29. The smallest absolute Gasteiger partial charge is 0.307 e. The summed E-state index contributed by atoms with van der Waals surface area (Å²) in [4.78, 5) is 11.5. The fourth-order valence-electron chi connectivity index (χ4n) is 2.27. The van der Waals surface area contributed by atoms with Crippen LogP contribution in [0.15, 0.2) is 48.5 Å². The Morgan fingerprint density at radius 3 is 2.50 bits per heavy atom. The van der Waals surface area contributed by atoms with Crippen molar-refractivity contribution in [3.63, 3.8) is 0 Å². The fraction of sp³-hybridized carbons (Fsp3) is 0.278. The molecular weight excluding hydrogens is 278 g/mol. The van der Waals surface area contributed by atoms with E-state index >= 15 is 0 Å². The van der Waals surface area contributed by atoms with Crippen molar-refractivity contribution in [1.82, 2.24) is 0 Å². The molecule has 0 radical (unpaired) electrons. The summed E-state index contributed by atoms with van der Waals surface area (Å²) in [5, 5.41) is 0. The monoisotopic (exact) mass is 299 g/mol. The van der Waals surface area contributed by atoms with Gasteiger partial charge in [-0.2, -0.15) is 0 Å². The summed E-state index contributed by atoms with van der Waals surface area (Å²) in [6.07, 6.45) is 0.176. The SMILES string of the molecule is CCOC(=O)C[C@H](N)c1cccc(-c2cccc(OC)c2)c1. The van der Waals surface area contributed by atoms with Gasteiger partial charge in [0.05, 0.1) is 20.1 Å². The molecule has 0 fully saturated rings. The number of esters is 1. The normalized spacial score (nSPS) is 11.8. The summed E-state index contributed by atoms with van der Waals surface area (Å²) in [6.45, 7) is 2.15. The molecule has 116 valence electrons. The van der Waals surface area contributed by atoms with E-state index in [1.54, 1.807) is 14.0 Å². The molecular formula is C18H21NO3. The Morgan fingerprint density at radius 2 is 1.82 bits per heavy atom. The van der Waals surface area contributed by atoms with Gasteiger partial charge in [-0.05, 0) is 41.8 Å². The maximum Gasteiger partial charge on any atom is 0.307 e. The predicted molar refractivity (Wildman–Crippen MR) is 86.6 cm³/mol. The van der Waals surface area contributed by atoms with Gasteiger partial charge in [-0.3, -0.25) is 4.79 Å². The quantitative estimate of drug-likeness (QED) is 0.831. The van der Waals surface area contributed by atoms with Gasteiger partial charge in [-0.25, -0.2) is 0 Å². The topological polar surface area (TPSA) is 61.5 Å². The van der Waals surface area contributed by atoms with Crippen LogP contribution in [0.2, 0.25) is 0 Å². The highest BCUT2D eigenvalue weighted by Crippen LogP contribution is 2.26. The van der Waals surface area contributed by atoms with E-state index < -0.39 is 0 Å². The zero-order valence-corrected chi connectivity index (χ0v) is 12.9. The Kier molecular flexibility index (Phi) is 5.55. The molecule has 2 N–H and O–H groups in total. The van der Waals surface area contributed by atoms with Crippen LogP contribution in [0, 0.1) is 0 Å². The zero-order chi connectivity index (χ0) is 15.9.